The van der Waals surface area contributed by atoms with Crippen LogP contribution in [-0.2, 0) is 13.0 Å². The molecule has 0 amide bonds. The first-order valence-corrected chi connectivity index (χ1v) is 11.3. The lowest BCUT2D eigenvalue weighted by atomic mass is 9.93. The van der Waals surface area contributed by atoms with E-state index in [0.717, 1.165) is 40.8 Å². The standard InChI is InChI=1S/C28H26N2O4/c1-33-25-17-23-22(16-26(25)34-18-19-6-3-2-4-7-19)12-14-29-24(23)11-10-20-8-5-9-21-13-15-30(27(20)21)28(31)32/h2-11,13,15-17,24,29H,12,14,18H2,1H3,(H,31,32)/b11-10+. The molecule has 0 saturated carbocycles. The van der Waals surface area contributed by atoms with Gasteiger partial charge in [-0.05, 0) is 46.9 Å². The van der Waals surface area contributed by atoms with Crippen LogP contribution in [-0.4, -0.2) is 29.4 Å². The summed E-state index contributed by atoms with van der Waals surface area (Å²) in [4.78, 5) is 11.6. The number of carboxylic acid groups (broad SMARTS) is 1. The molecule has 2 N–H and O–H groups in total. The van der Waals surface area contributed by atoms with Crippen LogP contribution in [0.2, 0.25) is 0 Å². The van der Waals surface area contributed by atoms with Gasteiger partial charge in [-0.15, -0.1) is 0 Å². The lowest BCUT2D eigenvalue weighted by Crippen LogP contribution is -2.28. The normalized spacial score (nSPS) is 15.4. The molecular weight excluding hydrogens is 428 g/mol. The number of para-hydroxylation sites is 1. The molecule has 0 aliphatic carbocycles. The summed E-state index contributed by atoms with van der Waals surface area (Å²) in [7, 11) is 1.65. The third-order valence-corrected chi connectivity index (χ3v) is 6.17. The number of ether oxygens (including phenoxy) is 2. The van der Waals surface area contributed by atoms with Gasteiger partial charge >= 0.3 is 6.09 Å². The molecule has 1 aliphatic rings. The van der Waals surface area contributed by atoms with Crippen LogP contribution < -0.4 is 14.8 Å². The van der Waals surface area contributed by atoms with E-state index in [0.29, 0.717) is 17.9 Å². The Labute approximate surface area is 198 Å². The Bertz CT molecular complexity index is 1360. The van der Waals surface area contributed by atoms with Gasteiger partial charge in [-0.3, -0.25) is 4.57 Å². The van der Waals surface area contributed by atoms with E-state index in [2.05, 4.69) is 17.5 Å². The Hall–Kier alpha value is -4.03. The van der Waals surface area contributed by atoms with Crippen LogP contribution in [0.1, 0.15) is 28.3 Å². The number of nitrogens with zero attached hydrogens (tertiary/aromatic N) is 1. The van der Waals surface area contributed by atoms with Crippen molar-refractivity contribution >= 4 is 23.1 Å². The van der Waals surface area contributed by atoms with Crippen molar-refractivity contribution < 1.29 is 19.4 Å². The van der Waals surface area contributed by atoms with Gasteiger partial charge in [0.2, 0.25) is 0 Å². The van der Waals surface area contributed by atoms with E-state index < -0.39 is 6.09 Å². The fourth-order valence-corrected chi connectivity index (χ4v) is 4.49. The predicted molar refractivity (Wildman–Crippen MR) is 133 cm³/mol. The SMILES string of the molecule is COc1cc2c(cc1OCc1ccccc1)CCNC2/C=C/c1cccc2ccn(C(=O)O)c12. The van der Waals surface area contributed by atoms with Gasteiger partial charge in [-0.1, -0.05) is 60.7 Å². The molecule has 5 rings (SSSR count). The Morgan fingerprint density at radius 1 is 1.12 bits per heavy atom. The van der Waals surface area contributed by atoms with E-state index in [1.54, 1.807) is 13.3 Å². The zero-order valence-electron chi connectivity index (χ0n) is 18.9. The van der Waals surface area contributed by atoms with Crippen molar-refractivity contribution in [2.75, 3.05) is 13.7 Å². The minimum atomic E-state index is -0.996. The molecule has 3 aromatic carbocycles. The molecule has 0 bridgehead atoms. The molecule has 172 valence electrons. The first-order chi connectivity index (χ1) is 16.6. The molecule has 1 aliphatic heterocycles. The Morgan fingerprint density at radius 3 is 2.76 bits per heavy atom. The smallest absolute Gasteiger partial charge is 0.416 e. The summed E-state index contributed by atoms with van der Waals surface area (Å²) >= 11 is 0. The average Bonchev–Trinajstić information content (AvgIpc) is 3.31. The lowest BCUT2D eigenvalue weighted by molar-refractivity contribution is 0.197. The number of hydrogen-bond donors (Lipinski definition) is 2. The van der Waals surface area contributed by atoms with Crippen LogP contribution in [0, 0.1) is 0 Å². The third-order valence-electron chi connectivity index (χ3n) is 6.17. The van der Waals surface area contributed by atoms with Gasteiger partial charge < -0.3 is 19.9 Å². The monoisotopic (exact) mass is 454 g/mol. The summed E-state index contributed by atoms with van der Waals surface area (Å²) in [6, 6.07) is 21.8. The highest BCUT2D eigenvalue weighted by Crippen LogP contribution is 2.36. The molecular formula is C28H26N2O4. The number of fused-ring (bicyclic) bond motifs is 2. The Morgan fingerprint density at radius 2 is 1.97 bits per heavy atom. The van der Waals surface area contributed by atoms with E-state index >= 15 is 0 Å². The van der Waals surface area contributed by atoms with Crippen LogP contribution in [0.15, 0.2) is 79.0 Å². The number of methoxy groups -OCH3 is 1. The Balaban J connectivity index is 1.44. The first-order valence-electron chi connectivity index (χ1n) is 11.3. The summed E-state index contributed by atoms with van der Waals surface area (Å²) in [5.41, 5.74) is 4.99. The molecule has 6 nitrogen and oxygen atoms in total. The number of hydrogen-bond acceptors (Lipinski definition) is 4. The first kappa shape index (κ1) is 21.8. The molecule has 0 spiro atoms. The van der Waals surface area contributed by atoms with Gasteiger partial charge in [0.05, 0.1) is 18.7 Å². The fourth-order valence-electron chi connectivity index (χ4n) is 4.49. The van der Waals surface area contributed by atoms with E-state index in [1.807, 2.05) is 66.7 Å². The minimum absolute atomic E-state index is 0.0238. The summed E-state index contributed by atoms with van der Waals surface area (Å²) in [6.45, 7) is 1.31. The van der Waals surface area contributed by atoms with Crippen molar-refractivity contribution in [1.29, 1.82) is 0 Å². The molecule has 0 fully saturated rings. The highest BCUT2D eigenvalue weighted by atomic mass is 16.5. The zero-order valence-corrected chi connectivity index (χ0v) is 18.9. The van der Waals surface area contributed by atoms with Gasteiger partial charge in [0.25, 0.3) is 0 Å². The molecule has 1 unspecified atom stereocenters. The summed E-state index contributed by atoms with van der Waals surface area (Å²) in [5, 5.41) is 14.0. The molecule has 0 radical (unpaired) electrons. The van der Waals surface area contributed by atoms with Crippen molar-refractivity contribution in [1.82, 2.24) is 9.88 Å². The topological polar surface area (TPSA) is 72.7 Å². The number of aromatic nitrogens is 1. The van der Waals surface area contributed by atoms with Crippen LogP contribution in [0.25, 0.3) is 17.0 Å². The second-order valence-electron chi connectivity index (χ2n) is 8.27. The van der Waals surface area contributed by atoms with E-state index in [4.69, 9.17) is 9.47 Å². The average molecular weight is 455 g/mol. The highest BCUT2D eigenvalue weighted by molar-refractivity contribution is 5.94. The van der Waals surface area contributed by atoms with Crippen LogP contribution >= 0.6 is 0 Å². The molecule has 4 aromatic rings. The van der Waals surface area contributed by atoms with Gasteiger partial charge in [0.15, 0.2) is 11.5 Å². The number of rotatable bonds is 6. The van der Waals surface area contributed by atoms with E-state index in [9.17, 15) is 9.90 Å². The minimum Gasteiger partial charge on any atom is -0.493 e. The maximum Gasteiger partial charge on any atom is 0.416 e. The maximum atomic E-state index is 11.6. The van der Waals surface area contributed by atoms with Crippen molar-refractivity contribution in [2.45, 2.75) is 19.1 Å². The van der Waals surface area contributed by atoms with Gasteiger partial charge in [0, 0.05) is 18.1 Å². The summed E-state index contributed by atoms with van der Waals surface area (Å²) < 4.78 is 13.0. The van der Waals surface area contributed by atoms with Crippen LogP contribution in [0.3, 0.4) is 0 Å². The molecule has 34 heavy (non-hydrogen) atoms. The predicted octanol–water partition coefficient (Wildman–Crippen LogP) is 5.66. The lowest BCUT2D eigenvalue weighted by Gasteiger charge is -2.26. The molecule has 0 saturated heterocycles. The maximum absolute atomic E-state index is 11.6. The molecule has 2 heterocycles. The summed E-state index contributed by atoms with van der Waals surface area (Å²) in [6.07, 6.45) is 5.55. The zero-order chi connectivity index (χ0) is 23.5. The van der Waals surface area contributed by atoms with Crippen molar-refractivity contribution in [2.24, 2.45) is 0 Å². The van der Waals surface area contributed by atoms with Crippen molar-refractivity contribution in [3.05, 3.63) is 101 Å². The van der Waals surface area contributed by atoms with Crippen LogP contribution in [0.4, 0.5) is 4.79 Å². The Kier molecular flexibility index (Phi) is 6.06. The molecule has 1 aromatic heterocycles. The van der Waals surface area contributed by atoms with Crippen molar-refractivity contribution in [3.8, 4) is 11.5 Å². The van der Waals surface area contributed by atoms with Gasteiger partial charge in [0.1, 0.15) is 6.61 Å². The largest absolute Gasteiger partial charge is 0.493 e. The third kappa shape index (κ3) is 4.28. The van der Waals surface area contributed by atoms with Crippen molar-refractivity contribution in [3.63, 3.8) is 0 Å². The quantitative estimate of drug-likeness (QED) is 0.394. The van der Waals surface area contributed by atoms with Crippen LogP contribution in [0.5, 0.6) is 11.5 Å². The highest BCUT2D eigenvalue weighted by Gasteiger charge is 2.21. The van der Waals surface area contributed by atoms with Gasteiger partial charge in [-0.2, -0.15) is 0 Å². The second kappa shape index (κ2) is 9.45. The van der Waals surface area contributed by atoms with E-state index in [-0.39, 0.29) is 6.04 Å². The molecule has 6 heteroatoms. The number of carbonyl (C=O) groups is 1. The molecule has 1 atom stereocenters. The van der Waals surface area contributed by atoms with Gasteiger partial charge in [-0.25, -0.2) is 4.79 Å². The number of benzene rings is 3. The van der Waals surface area contributed by atoms with E-state index in [1.165, 1.54) is 10.1 Å². The summed E-state index contributed by atoms with van der Waals surface area (Å²) in [5.74, 6) is 1.43. The fraction of sp³-hybridized carbons (Fsp3) is 0.179. The number of nitrogens with one attached hydrogen (secondary N) is 1. The second-order valence-corrected chi connectivity index (χ2v) is 8.27.